The van der Waals surface area contributed by atoms with Gasteiger partial charge in [0.25, 0.3) is 0 Å². The Labute approximate surface area is 446 Å². The van der Waals surface area contributed by atoms with E-state index in [4.69, 9.17) is 15.0 Å². The maximum Gasteiger partial charge on any atom is 0.210 e. The van der Waals surface area contributed by atoms with Crippen molar-refractivity contribution in [1.29, 1.82) is 0 Å². The topological polar surface area (TPSA) is 48.5 Å². The molecule has 0 amide bonds. The van der Waals surface area contributed by atoms with Crippen LogP contribution in [0.15, 0.2) is 127 Å². The molecule has 378 valence electrons. The standard InChI is InChI=1S/C70H73N5/c1-5-9-13-23-45-70(46-24-14-10-6-2)61-30-20-17-27-55(61)56-39-33-54(51-62(56)70)38-44-69-72-67(42-36-52-34-40-65-59(49-52)57-28-18-21-31-63(57)74(65)47-25-15-11-7-3)71-68(73-69)43-37-53-35-41-66-60(50-53)58-29-19-22-32-64(58)75(66)48-26-16-12-8-4/h17-22,27-35,39-41,49-51H,5-16,23-26,45-48H2,1-4H3. The smallest absolute Gasteiger partial charge is 0.210 e. The summed E-state index contributed by atoms with van der Waals surface area (Å²) in [4.78, 5) is 14.7. The average Bonchev–Trinajstić information content (AvgIpc) is 4.04. The molecule has 0 saturated heterocycles. The van der Waals surface area contributed by atoms with E-state index in [1.807, 2.05) is 0 Å². The van der Waals surface area contributed by atoms with Crippen LogP contribution in [0.1, 0.15) is 189 Å². The van der Waals surface area contributed by atoms with Gasteiger partial charge in [-0.2, -0.15) is 15.0 Å². The third kappa shape index (κ3) is 11.2. The molecule has 0 spiro atoms. The maximum atomic E-state index is 4.90. The molecule has 9 aromatic rings. The Morgan fingerprint density at radius 1 is 0.347 bits per heavy atom. The van der Waals surface area contributed by atoms with E-state index < -0.39 is 0 Å². The van der Waals surface area contributed by atoms with E-state index in [-0.39, 0.29) is 5.41 Å². The summed E-state index contributed by atoms with van der Waals surface area (Å²) >= 11 is 0. The van der Waals surface area contributed by atoms with Crippen LogP contribution in [-0.2, 0) is 18.5 Å². The molecule has 0 fully saturated rings. The van der Waals surface area contributed by atoms with Gasteiger partial charge in [0.2, 0.25) is 17.5 Å². The van der Waals surface area contributed by atoms with Crippen LogP contribution in [0.2, 0.25) is 0 Å². The zero-order chi connectivity index (χ0) is 51.4. The largest absolute Gasteiger partial charge is 0.340 e. The zero-order valence-electron chi connectivity index (χ0n) is 45.0. The van der Waals surface area contributed by atoms with Crippen molar-refractivity contribution < 1.29 is 0 Å². The normalized spacial score (nSPS) is 12.3. The van der Waals surface area contributed by atoms with Gasteiger partial charge in [-0.15, -0.1) is 0 Å². The van der Waals surface area contributed by atoms with Crippen molar-refractivity contribution in [2.24, 2.45) is 0 Å². The minimum atomic E-state index is -0.0249. The monoisotopic (exact) mass is 984 g/mol. The van der Waals surface area contributed by atoms with Gasteiger partial charge in [0, 0.05) is 78.8 Å². The highest BCUT2D eigenvalue weighted by Crippen LogP contribution is 2.54. The molecule has 10 rings (SSSR count). The van der Waals surface area contributed by atoms with Crippen LogP contribution in [0.25, 0.3) is 54.7 Å². The van der Waals surface area contributed by atoms with Crippen molar-refractivity contribution >= 4 is 43.6 Å². The van der Waals surface area contributed by atoms with E-state index in [2.05, 4.69) is 200 Å². The van der Waals surface area contributed by atoms with E-state index in [1.54, 1.807) is 0 Å². The number of unbranched alkanes of at least 4 members (excludes halogenated alkanes) is 12. The fourth-order valence-electron chi connectivity index (χ4n) is 12.0. The Hall–Kier alpha value is -7.39. The molecule has 0 radical (unpaired) electrons. The van der Waals surface area contributed by atoms with Crippen LogP contribution in [-0.4, -0.2) is 24.1 Å². The van der Waals surface area contributed by atoms with Gasteiger partial charge in [-0.3, -0.25) is 0 Å². The molecule has 0 saturated carbocycles. The van der Waals surface area contributed by atoms with Crippen molar-refractivity contribution in [1.82, 2.24) is 24.1 Å². The fraction of sp³-hybridized carbons (Fsp3) is 0.357. The SMILES string of the molecule is CCCCCCn1c2ccccc2c2cc(C#Cc3nc(C#Cc4ccc5c(c4)C(CCCCCC)(CCCCCC)c4ccccc4-5)nc(C#Cc4ccc5c(c4)c4ccccc4n5CCCCCC)n3)ccc21. The first kappa shape index (κ1) is 51.1. The molecular formula is C70H73N5. The molecule has 5 nitrogen and oxygen atoms in total. The Bertz CT molecular complexity index is 3480. The summed E-state index contributed by atoms with van der Waals surface area (Å²) in [6, 6.07) is 46.6. The number of aryl methyl sites for hydroxylation is 2. The quantitative estimate of drug-likeness (QED) is 0.0565. The molecule has 0 unspecified atom stereocenters. The molecular weight excluding hydrogens is 911 g/mol. The number of para-hydroxylation sites is 2. The number of hydrogen-bond acceptors (Lipinski definition) is 3. The lowest BCUT2D eigenvalue weighted by Crippen LogP contribution is -2.25. The molecule has 0 bridgehead atoms. The van der Waals surface area contributed by atoms with E-state index in [9.17, 15) is 0 Å². The lowest BCUT2D eigenvalue weighted by molar-refractivity contribution is 0.401. The molecule has 3 aromatic heterocycles. The number of nitrogens with zero attached hydrogens (tertiary/aromatic N) is 5. The number of benzene rings is 6. The van der Waals surface area contributed by atoms with Gasteiger partial charge in [-0.1, -0.05) is 202 Å². The van der Waals surface area contributed by atoms with E-state index in [0.717, 1.165) is 55.5 Å². The first-order chi connectivity index (χ1) is 37.0. The number of hydrogen-bond donors (Lipinski definition) is 0. The van der Waals surface area contributed by atoms with Gasteiger partial charge in [0.15, 0.2) is 0 Å². The van der Waals surface area contributed by atoms with Gasteiger partial charge in [0.05, 0.1) is 0 Å². The highest BCUT2D eigenvalue weighted by molar-refractivity contribution is 6.09. The fourth-order valence-corrected chi connectivity index (χ4v) is 12.0. The van der Waals surface area contributed by atoms with Gasteiger partial charge < -0.3 is 9.13 Å². The van der Waals surface area contributed by atoms with Gasteiger partial charge >= 0.3 is 0 Å². The summed E-state index contributed by atoms with van der Waals surface area (Å²) in [6.45, 7) is 11.1. The summed E-state index contributed by atoms with van der Waals surface area (Å²) in [6.07, 6.45) is 22.1. The van der Waals surface area contributed by atoms with Gasteiger partial charge in [-0.25, -0.2) is 0 Å². The molecule has 5 heteroatoms. The van der Waals surface area contributed by atoms with Crippen molar-refractivity contribution in [2.75, 3.05) is 0 Å². The van der Waals surface area contributed by atoms with Crippen molar-refractivity contribution in [3.05, 3.63) is 173 Å². The van der Waals surface area contributed by atoms with E-state index >= 15 is 0 Å². The Balaban J connectivity index is 1.03. The minimum absolute atomic E-state index is 0.0249. The summed E-state index contributed by atoms with van der Waals surface area (Å²) in [7, 11) is 0. The second kappa shape index (κ2) is 24.3. The van der Waals surface area contributed by atoms with Crippen molar-refractivity contribution in [3.63, 3.8) is 0 Å². The molecule has 75 heavy (non-hydrogen) atoms. The average molecular weight is 984 g/mol. The molecule has 0 aliphatic heterocycles. The first-order valence-corrected chi connectivity index (χ1v) is 28.6. The first-order valence-electron chi connectivity index (χ1n) is 28.6. The molecule has 6 aromatic carbocycles. The summed E-state index contributed by atoms with van der Waals surface area (Å²) < 4.78 is 4.95. The predicted molar refractivity (Wildman–Crippen MR) is 315 cm³/mol. The van der Waals surface area contributed by atoms with Crippen LogP contribution < -0.4 is 0 Å². The lowest BCUT2D eigenvalue weighted by Gasteiger charge is -2.33. The number of rotatable bonds is 20. The summed E-state index contributed by atoms with van der Waals surface area (Å²) in [5.41, 5.74) is 13.4. The minimum Gasteiger partial charge on any atom is -0.340 e. The van der Waals surface area contributed by atoms with Crippen LogP contribution in [0, 0.1) is 35.5 Å². The lowest BCUT2D eigenvalue weighted by atomic mass is 9.70. The number of fused-ring (bicyclic) bond motifs is 9. The van der Waals surface area contributed by atoms with E-state index in [0.29, 0.717) is 17.5 Å². The molecule has 3 heterocycles. The molecule has 1 aliphatic rings. The highest BCUT2D eigenvalue weighted by Gasteiger charge is 2.42. The maximum absolute atomic E-state index is 4.90. The Kier molecular flexibility index (Phi) is 16.6. The predicted octanol–water partition coefficient (Wildman–Crippen LogP) is 17.7. The summed E-state index contributed by atoms with van der Waals surface area (Å²) in [5.74, 6) is 21.5. The second-order valence-corrected chi connectivity index (χ2v) is 21.0. The van der Waals surface area contributed by atoms with Crippen LogP contribution in [0.5, 0.6) is 0 Å². The Morgan fingerprint density at radius 2 is 0.747 bits per heavy atom. The van der Waals surface area contributed by atoms with Gasteiger partial charge in [0.1, 0.15) is 0 Å². The Morgan fingerprint density at radius 3 is 1.24 bits per heavy atom. The zero-order valence-corrected chi connectivity index (χ0v) is 45.0. The van der Waals surface area contributed by atoms with E-state index in [1.165, 1.54) is 156 Å². The highest BCUT2D eigenvalue weighted by atomic mass is 15.0. The third-order valence-corrected chi connectivity index (χ3v) is 15.8. The van der Waals surface area contributed by atoms with Crippen LogP contribution >= 0.6 is 0 Å². The molecule has 1 aliphatic carbocycles. The molecule has 0 atom stereocenters. The summed E-state index contributed by atoms with van der Waals surface area (Å²) in [5, 5.41) is 4.91. The third-order valence-electron chi connectivity index (χ3n) is 15.8. The van der Waals surface area contributed by atoms with Crippen molar-refractivity contribution in [2.45, 2.75) is 162 Å². The molecule has 0 N–H and O–H groups in total. The van der Waals surface area contributed by atoms with Crippen LogP contribution in [0.3, 0.4) is 0 Å². The van der Waals surface area contributed by atoms with Crippen molar-refractivity contribution in [3.8, 4) is 46.6 Å². The second-order valence-electron chi connectivity index (χ2n) is 21.0. The number of aromatic nitrogens is 5. The van der Waals surface area contributed by atoms with Crippen LogP contribution in [0.4, 0.5) is 0 Å². The van der Waals surface area contributed by atoms with Gasteiger partial charge in [-0.05, 0) is 126 Å².